The van der Waals surface area contributed by atoms with Gasteiger partial charge in [0.05, 0.1) is 161 Å². The highest BCUT2D eigenvalue weighted by Gasteiger charge is 2.20. The second kappa shape index (κ2) is 28.1. The molecule has 0 aliphatic carbocycles. The summed E-state index contributed by atoms with van der Waals surface area (Å²) >= 11 is 0. The number of nitrogens with zero attached hydrogens (tertiary/aromatic N) is 22. The molecule has 12 heterocycles. The molecule has 12 aromatic rings. The zero-order chi connectivity index (χ0) is 64.6. The third-order valence-electron chi connectivity index (χ3n) is 15.9. The lowest BCUT2D eigenvalue weighted by atomic mass is 10.1. The molecule has 0 aromatic carbocycles. The SMILES string of the molecule is CCC(CC)n1cc(-c2nc(-c3cnn(CC(=O)N(C)C)c3)cn3nccc23)cn1.CCC(CC)n1cc(-c2nc(-c3cnn(CCCS(C)(=O)=O)c3)cn3nccc23)cn1.CCC(CC)n1cc(-c2nc(-c3cnn(CCS(C)(=O)=O)c3)cn3nccc23)cn1. The fraction of sp³-hybridized carbons (Fsp3) is 0.403. The molecular formula is C62H78N22O5S2. The van der Waals surface area contributed by atoms with Crippen LogP contribution in [0.2, 0.25) is 0 Å². The quantitative estimate of drug-likeness (QED) is 0.0545. The number of likely N-dealkylation sites (N-methyl/N-ethyl adjacent to an activating group) is 1. The van der Waals surface area contributed by atoms with E-state index in [4.69, 9.17) is 15.0 Å². The Morgan fingerprint density at radius 1 is 0.418 bits per heavy atom. The van der Waals surface area contributed by atoms with Gasteiger partial charge in [-0.15, -0.1) is 0 Å². The summed E-state index contributed by atoms with van der Waals surface area (Å²) in [5.74, 6) is 0.166. The van der Waals surface area contributed by atoms with Gasteiger partial charge >= 0.3 is 0 Å². The van der Waals surface area contributed by atoms with Crippen LogP contribution in [0.15, 0.2) is 130 Å². The summed E-state index contributed by atoms with van der Waals surface area (Å²) in [5, 5.41) is 39.8. The van der Waals surface area contributed by atoms with E-state index in [1.165, 1.54) is 12.5 Å². The second-order valence-electron chi connectivity index (χ2n) is 22.8. The summed E-state index contributed by atoms with van der Waals surface area (Å²) in [6, 6.07) is 6.90. The van der Waals surface area contributed by atoms with Gasteiger partial charge in [-0.05, 0) is 63.1 Å². The van der Waals surface area contributed by atoms with Crippen LogP contribution in [0.1, 0.15) is 105 Å². The molecule has 478 valence electrons. The van der Waals surface area contributed by atoms with Crippen molar-refractivity contribution in [2.75, 3.05) is 38.1 Å². The van der Waals surface area contributed by atoms with Gasteiger partial charge in [0.2, 0.25) is 5.91 Å². The van der Waals surface area contributed by atoms with Crippen LogP contribution in [-0.4, -0.2) is 168 Å². The number of hydrogen-bond donors (Lipinski definition) is 0. The second-order valence-corrected chi connectivity index (χ2v) is 27.3. The minimum atomic E-state index is -3.05. The summed E-state index contributed by atoms with van der Waals surface area (Å²) in [4.78, 5) is 28.2. The lowest BCUT2D eigenvalue weighted by Crippen LogP contribution is -2.26. The molecule has 0 spiro atoms. The highest BCUT2D eigenvalue weighted by atomic mass is 32.2. The molecule has 0 aliphatic heterocycles. The zero-order valence-corrected chi connectivity index (χ0v) is 54.7. The number of aromatic nitrogens is 21. The highest BCUT2D eigenvalue weighted by Crippen LogP contribution is 2.32. The molecule has 12 aromatic heterocycles. The van der Waals surface area contributed by atoms with Gasteiger partial charge in [-0.25, -0.2) is 45.3 Å². The van der Waals surface area contributed by atoms with Crippen molar-refractivity contribution in [3.8, 4) is 67.5 Å². The number of rotatable bonds is 24. The third-order valence-corrected chi connectivity index (χ3v) is 17.9. The molecule has 0 N–H and O–H groups in total. The van der Waals surface area contributed by atoms with Gasteiger partial charge in [-0.3, -0.25) is 32.9 Å². The fourth-order valence-electron chi connectivity index (χ4n) is 10.7. The van der Waals surface area contributed by atoms with Crippen LogP contribution in [0.3, 0.4) is 0 Å². The van der Waals surface area contributed by atoms with Gasteiger partial charge in [0.15, 0.2) is 0 Å². The molecule has 1 amide bonds. The Bertz CT molecular complexity index is 4640. The van der Waals surface area contributed by atoms with Crippen molar-refractivity contribution >= 4 is 42.1 Å². The number of sulfone groups is 2. The molecule has 0 saturated carbocycles. The predicted octanol–water partition coefficient (Wildman–Crippen LogP) is 9.02. The van der Waals surface area contributed by atoms with Crippen LogP contribution in [0.5, 0.6) is 0 Å². The van der Waals surface area contributed by atoms with Gasteiger partial charge in [-0.1, -0.05) is 41.5 Å². The average Bonchev–Trinajstić information content (AvgIpc) is 1.71. The summed E-state index contributed by atoms with van der Waals surface area (Å²) < 4.78 is 62.0. The molecule has 0 atom stereocenters. The van der Waals surface area contributed by atoms with Crippen molar-refractivity contribution < 1.29 is 21.6 Å². The normalized spacial score (nSPS) is 12.0. The van der Waals surface area contributed by atoms with E-state index < -0.39 is 19.7 Å². The van der Waals surface area contributed by atoms with E-state index in [9.17, 15) is 21.6 Å². The van der Waals surface area contributed by atoms with E-state index in [2.05, 4.69) is 93.6 Å². The Morgan fingerprint density at radius 3 is 1.09 bits per heavy atom. The smallest absolute Gasteiger partial charge is 0.243 e. The van der Waals surface area contributed by atoms with Gasteiger partial charge in [0.1, 0.15) is 26.2 Å². The van der Waals surface area contributed by atoms with E-state index in [0.29, 0.717) is 43.3 Å². The Labute approximate surface area is 528 Å². The molecule has 27 nitrogen and oxygen atoms in total. The third kappa shape index (κ3) is 15.4. The minimum Gasteiger partial charge on any atom is -0.347 e. The number of carbonyl (C=O) groups is 1. The Kier molecular flexibility index (Phi) is 19.9. The maximum Gasteiger partial charge on any atom is 0.243 e. The molecule has 12 rings (SSSR count). The van der Waals surface area contributed by atoms with Crippen LogP contribution in [-0.2, 0) is 44.1 Å². The average molecular weight is 1280 g/mol. The molecule has 0 aliphatic rings. The molecule has 0 radical (unpaired) electrons. The summed E-state index contributed by atoms with van der Waals surface area (Å²) in [5.41, 5.74) is 12.6. The number of fused-ring (bicyclic) bond motifs is 3. The van der Waals surface area contributed by atoms with Crippen molar-refractivity contribution in [1.82, 2.24) is 107 Å². The Balaban J connectivity index is 0.000000150. The van der Waals surface area contributed by atoms with E-state index in [1.54, 1.807) is 80.9 Å². The van der Waals surface area contributed by atoms with E-state index in [0.717, 1.165) is 117 Å². The predicted molar refractivity (Wildman–Crippen MR) is 348 cm³/mol. The summed E-state index contributed by atoms with van der Waals surface area (Å²) in [6.07, 6.45) is 42.3. The number of aryl methyl sites for hydroxylation is 2. The van der Waals surface area contributed by atoms with Crippen LogP contribution in [0, 0.1) is 0 Å². The van der Waals surface area contributed by atoms with Gasteiger partial charge in [0.25, 0.3) is 0 Å². The molecule has 0 bridgehead atoms. The first-order valence-electron chi connectivity index (χ1n) is 30.6. The first-order chi connectivity index (χ1) is 43.7. The van der Waals surface area contributed by atoms with Crippen molar-refractivity contribution in [2.45, 2.75) is 124 Å². The first kappa shape index (κ1) is 64.5. The summed E-state index contributed by atoms with van der Waals surface area (Å²) in [7, 11) is -2.57. The van der Waals surface area contributed by atoms with Crippen molar-refractivity contribution in [2.24, 2.45) is 0 Å². The number of amides is 1. The van der Waals surface area contributed by atoms with Gasteiger partial charge < -0.3 is 4.90 Å². The lowest BCUT2D eigenvalue weighted by molar-refractivity contribution is -0.129. The fourth-order valence-corrected chi connectivity index (χ4v) is 11.8. The monoisotopic (exact) mass is 1270 g/mol. The van der Waals surface area contributed by atoms with E-state index in [1.807, 2.05) is 103 Å². The molecule has 0 saturated heterocycles. The topological polar surface area (TPSA) is 286 Å². The van der Waals surface area contributed by atoms with Crippen molar-refractivity contribution in [1.29, 1.82) is 0 Å². The largest absolute Gasteiger partial charge is 0.347 e. The Hall–Kier alpha value is -9.51. The lowest BCUT2D eigenvalue weighted by Gasteiger charge is -2.12. The molecule has 91 heavy (non-hydrogen) atoms. The number of hydrogen-bond acceptors (Lipinski definition) is 17. The van der Waals surface area contributed by atoms with Crippen LogP contribution < -0.4 is 0 Å². The maximum atomic E-state index is 12.0. The van der Waals surface area contributed by atoms with Crippen molar-refractivity contribution in [3.63, 3.8) is 0 Å². The van der Waals surface area contributed by atoms with Gasteiger partial charge in [0, 0.05) is 104 Å². The molecule has 29 heteroatoms. The minimum absolute atomic E-state index is 0.0188. The van der Waals surface area contributed by atoms with Crippen LogP contribution >= 0.6 is 0 Å². The molecular weight excluding hydrogens is 1200 g/mol. The maximum absolute atomic E-state index is 12.0. The highest BCUT2D eigenvalue weighted by molar-refractivity contribution is 7.90. The van der Waals surface area contributed by atoms with Crippen LogP contribution in [0.4, 0.5) is 0 Å². The Morgan fingerprint density at radius 2 is 0.747 bits per heavy atom. The van der Waals surface area contributed by atoms with Gasteiger partial charge in [-0.2, -0.15) is 45.9 Å². The van der Waals surface area contributed by atoms with Crippen LogP contribution in [0.25, 0.3) is 84.1 Å². The standard InChI is InChI=1S/C21H26N8O.C21H27N7O2S.C20H25N7O2S/c1-5-17(6-2)28-12-16(10-24-28)21-19-7-8-22-29(19)13-18(25-21)15-9-23-27(11-15)14-20(30)26(3)4;1-4-18(5-2)27-14-17(12-24-27)21-20-7-8-22-28(20)15-19(25-21)16-11-23-26(13-16)9-6-10-31(3,29)30;1-4-17(5-2)26-13-16(11-23-26)20-19-6-7-21-27(19)14-18(24-20)15-10-22-25(12-15)8-9-30(3,28)29/h7-13,17H,5-6,14H2,1-4H3;7-8,11-15,18H,4-6,9-10H2,1-3H3;6-7,10-14,17H,4-5,8-9H2,1-3H3. The van der Waals surface area contributed by atoms with E-state index in [-0.39, 0.29) is 24.0 Å². The number of carbonyl (C=O) groups excluding carboxylic acids is 1. The summed E-state index contributed by atoms with van der Waals surface area (Å²) in [6.45, 7) is 14.0. The van der Waals surface area contributed by atoms with E-state index >= 15 is 0 Å². The first-order valence-corrected chi connectivity index (χ1v) is 34.7. The molecule has 0 unspecified atom stereocenters. The zero-order valence-electron chi connectivity index (χ0n) is 53.0. The molecule has 0 fully saturated rings. The van der Waals surface area contributed by atoms with Crippen molar-refractivity contribution in [3.05, 3.63) is 130 Å².